The highest BCUT2D eigenvalue weighted by molar-refractivity contribution is 5.95. The Morgan fingerprint density at radius 1 is 1.00 bits per heavy atom. The van der Waals surface area contributed by atoms with Crippen LogP contribution in [0.2, 0.25) is 0 Å². The standard InChI is InChI=1S/C17H12F3N5/c1-10-9-14(25-16(21-10)23-15(24-25)17(18,19)20)22-13-8-4-6-11-5-2-3-7-12(11)13/h2-9,22H,1H3. The molecule has 2 aromatic carbocycles. The van der Waals surface area contributed by atoms with Crippen LogP contribution >= 0.6 is 0 Å². The van der Waals surface area contributed by atoms with Crippen molar-refractivity contribution in [3.63, 3.8) is 0 Å². The largest absolute Gasteiger partial charge is 0.453 e. The molecule has 5 nitrogen and oxygen atoms in total. The van der Waals surface area contributed by atoms with Crippen molar-refractivity contribution in [1.29, 1.82) is 0 Å². The van der Waals surface area contributed by atoms with E-state index in [0.29, 0.717) is 11.5 Å². The van der Waals surface area contributed by atoms with Gasteiger partial charge in [-0.3, -0.25) is 0 Å². The number of rotatable bonds is 2. The van der Waals surface area contributed by atoms with Gasteiger partial charge in [-0.15, -0.1) is 5.10 Å². The first-order valence-corrected chi connectivity index (χ1v) is 7.48. The van der Waals surface area contributed by atoms with Gasteiger partial charge in [-0.25, -0.2) is 4.98 Å². The number of anilines is 2. The summed E-state index contributed by atoms with van der Waals surface area (Å²) in [6, 6.07) is 15.0. The quantitative estimate of drug-likeness (QED) is 0.588. The lowest BCUT2D eigenvalue weighted by atomic mass is 10.1. The summed E-state index contributed by atoms with van der Waals surface area (Å²) in [5, 5.41) is 8.67. The Balaban J connectivity index is 1.87. The Labute approximate surface area is 140 Å². The molecule has 1 N–H and O–H groups in total. The van der Waals surface area contributed by atoms with E-state index in [2.05, 4.69) is 20.4 Å². The van der Waals surface area contributed by atoms with Crippen LogP contribution in [0.25, 0.3) is 16.6 Å². The first kappa shape index (κ1) is 15.4. The average Bonchev–Trinajstić information content (AvgIpc) is 2.99. The number of aromatic nitrogens is 4. The molecule has 0 saturated heterocycles. The molecule has 0 spiro atoms. The van der Waals surface area contributed by atoms with Crippen molar-refractivity contribution in [2.24, 2.45) is 0 Å². The minimum Gasteiger partial charge on any atom is -0.340 e. The number of halogens is 3. The van der Waals surface area contributed by atoms with Gasteiger partial charge in [0.15, 0.2) is 0 Å². The van der Waals surface area contributed by atoms with Crippen LogP contribution in [0.15, 0.2) is 48.5 Å². The Kier molecular flexibility index (Phi) is 3.34. The molecule has 0 fully saturated rings. The van der Waals surface area contributed by atoms with E-state index >= 15 is 0 Å². The Morgan fingerprint density at radius 2 is 1.76 bits per heavy atom. The van der Waals surface area contributed by atoms with Crippen molar-refractivity contribution >= 4 is 28.1 Å². The Bertz CT molecular complexity index is 1080. The van der Waals surface area contributed by atoms with Gasteiger partial charge in [0.05, 0.1) is 0 Å². The number of nitrogens with zero attached hydrogens (tertiary/aromatic N) is 4. The Morgan fingerprint density at radius 3 is 2.56 bits per heavy atom. The van der Waals surface area contributed by atoms with Gasteiger partial charge < -0.3 is 5.32 Å². The zero-order valence-electron chi connectivity index (χ0n) is 13.0. The normalized spacial score (nSPS) is 12.0. The van der Waals surface area contributed by atoms with Crippen LogP contribution in [0.3, 0.4) is 0 Å². The minimum atomic E-state index is -4.63. The van der Waals surface area contributed by atoms with Crippen molar-refractivity contribution < 1.29 is 13.2 Å². The molecule has 0 atom stereocenters. The molecule has 0 radical (unpaired) electrons. The van der Waals surface area contributed by atoms with Gasteiger partial charge in [0.2, 0.25) is 0 Å². The smallest absolute Gasteiger partial charge is 0.340 e. The number of benzene rings is 2. The summed E-state index contributed by atoms with van der Waals surface area (Å²) in [4.78, 5) is 7.51. The minimum absolute atomic E-state index is 0.102. The molecule has 8 heteroatoms. The summed E-state index contributed by atoms with van der Waals surface area (Å²) < 4.78 is 39.8. The Hall–Kier alpha value is -3.16. The number of nitrogens with one attached hydrogen (secondary N) is 1. The maximum Gasteiger partial charge on any atom is 0.453 e. The second kappa shape index (κ2) is 5.44. The SMILES string of the molecule is Cc1cc(Nc2cccc3ccccc23)n2nc(C(F)(F)F)nc2n1. The highest BCUT2D eigenvalue weighted by Crippen LogP contribution is 2.29. The van der Waals surface area contributed by atoms with E-state index in [1.54, 1.807) is 13.0 Å². The third-order valence-electron chi connectivity index (χ3n) is 3.75. The molecule has 25 heavy (non-hydrogen) atoms. The van der Waals surface area contributed by atoms with E-state index in [-0.39, 0.29) is 5.78 Å². The molecule has 2 aromatic heterocycles. The predicted octanol–water partition coefficient (Wildman–Crippen LogP) is 4.35. The number of aryl methyl sites for hydroxylation is 1. The van der Waals surface area contributed by atoms with Gasteiger partial charge >= 0.3 is 6.18 Å². The van der Waals surface area contributed by atoms with E-state index in [9.17, 15) is 13.2 Å². The third kappa shape index (κ3) is 2.75. The molecule has 0 bridgehead atoms. The van der Waals surface area contributed by atoms with Crippen molar-refractivity contribution in [3.05, 3.63) is 60.0 Å². The van der Waals surface area contributed by atoms with Crippen LogP contribution in [0, 0.1) is 6.92 Å². The number of fused-ring (bicyclic) bond motifs is 2. The first-order valence-electron chi connectivity index (χ1n) is 7.48. The summed E-state index contributed by atoms with van der Waals surface area (Å²) in [5.41, 5.74) is 1.30. The van der Waals surface area contributed by atoms with E-state index in [4.69, 9.17) is 0 Å². The van der Waals surface area contributed by atoms with Crippen molar-refractivity contribution in [1.82, 2.24) is 19.6 Å². The van der Waals surface area contributed by atoms with Crippen LogP contribution in [0.4, 0.5) is 24.7 Å². The molecular weight excluding hydrogens is 331 g/mol. The molecule has 0 saturated carbocycles. The van der Waals surface area contributed by atoms with E-state index in [0.717, 1.165) is 21.0 Å². The molecule has 0 aliphatic carbocycles. The van der Waals surface area contributed by atoms with Gasteiger partial charge in [-0.2, -0.15) is 22.7 Å². The van der Waals surface area contributed by atoms with Gasteiger partial charge in [-0.1, -0.05) is 36.4 Å². The zero-order valence-corrected chi connectivity index (χ0v) is 13.0. The summed E-state index contributed by atoms with van der Waals surface area (Å²) in [7, 11) is 0. The average molecular weight is 343 g/mol. The van der Waals surface area contributed by atoms with Gasteiger partial charge in [-0.05, 0) is 18.4 Å². The molecule has 4 aromatic rings. The van der Waals surface area contributed by atoms with E-state index in [1.807, 2.05) is 42.5 Å². The van der Waals surface area contributed by atoms with Crippen molar-refractivity contribution in [2.75, 3.05) is 5.32 Å². The van der Waals surface area contributed by atoms with Crippen molar-refractivity contribution in [3.8, 4) is 0 Å². The number of hydrogen-bond acceptors (Lipinski definition) is 4. The fraction of sp³-hybridized carbons (Fsp3) is 0.118. The second-order valence-corrected chi connectivity index (χ2v) is 5.58. The van der Waals surface area contributed by atoms with Crippen LogP contribution in [-0.4, -0.2) is 19.6 Å². The molecule has 2 heterocycles. The molecule has 126 valence electrons. The van der Waals surface area contributed by atoms with Gasteiger partial charge in [0.25, 0.3) is 11.6 Å². The number of hydrogen-bond donors (Lipinski definition) is 1. The summed E-state index contributed by atoms with van der Waals surface area (Å²) >= 11 is 0. The maximum atomic E-state index is 12.9. The summed E-state index contributed by atoms with van der Waals surface area (Å²) in [5.74, 6) is -0.955. The lowest BCUT2D eigenvalue weighted by Gasteiger charge is -2.11. The highest BCUT2D eigenvalue weighted by atomic mass is 19.4. The fourth-order valence-corrected chi connectivity index (χ4v) is 2.67. The van der Waals surface area contributed by atoms with Crippen LogP contribution in [0.1, 0.15) is 11.5 Å². The van der Waals surface area contributed by atoms with E-state index in [1.165, 1.54) is 0 Å². The maximum absolute atomic E-state index is 12.9. The predicted molar refractivity (Wildman–Crippen MR) is 87.8 cm³/mol. The molecule has 0 aliphatic rings. The van der Waals surface area contributed by atoms with Crippen LogP contribution < -0.4 is 5.32 Å². The highest BCUT2D eigenvalue weighted by Gasteiger charge is 2.36. The summed E-state index contributed by atoms with van der Waals surface area (Å²) in [6.07, 6.45) is -4.63. The van der Waals surface area contributed by atoms with Gasteiger partial charge in [0, 0.05) is 22.8 Å². The second-order valence-electron chi connectivity index (χ2n) is 5.58. The molecule has 4 rings (SSSR count). The summed E-state index contributed by atoms with van der Waals surface area (Å²) in [6.45, 7) is 1.69. The topological polar surface area (TPSA) is 55.1 Å². The van der Waals surface area contributed by atoms with Crippen LogP contribution in [-0.2, 0) is 6.18 Å². The lowest BCUT2D eigenvalue weighted by Crippen LogP contribution is -2.08. The monoisotopic (exact) mass is 343 g/mol. The van der Waals surface area contributed by atoms with Crippen LogP contribution in [0.5, 0.6) is 0 Å². The molecular formula is C17H12F3N5. The van der Waals surface area contributed by atoms with Crippen molar-refractivity contribution in [2.45, 2.75) is 13.1 Å². The van der Waals surface area contributed by atoms with E-state index < -0.39 is 12.0 Å². The first-order chi connectivity index (χ1) is 11.9. The lowest BCUT2D eigenvalue weighted by molar-refractivity contribution is -0.144. The zero-order chi connectivity index (χ0) is 17.6. The molecule has 0 amide bonds. The fourth-order valence-electron chi connectivity index (χ4n) is 2.67. The third-order valence-corrected chi connectivity index (χ3v) is 3.75. The van der Waals surface area contributed by atoms with Gasteiger partial charge in [0.1, 0.15) is 5.82 Å². The molecule has 0 aliphatic heterocycles. The number of alkyl halides is 3. The molecule has 0 unspecified atom stereocenters.